The number of ketones is 6. The molecule has 1 unspecified atom stereocenters. The summed E-state index contributed by atoms with van der Waals surface area (Å²) in [6.07, 6.45) is -0.427. The molecule has 0 fully saturated rings. The minimum atomic E-state index is -2.48. The lowest BCUT2D eigenvalue weighted by Crippen LogP contribution is -2.53. The van der Waals surface area contributed by atoms with Crippen LogP contribution in [0.1, 0.15) is 41.0 Å². The van der Waals surface area contributed by atoms with Crippen LogP contribution in [-0.4, -0.2) is 34.7 Å². The molecule has 0 N–H and O–H groups in total. The molecule has 0 saturated carbocycles. The van der Waals surface area contributed by atoms with Gasteiger partial charge in [0.1, 0.15) is 11.6 Å². The average Bonchev–Trinajstić information content (AvgIpc) is 2.23. The van der Waals surface area contributed by atoms with E-state index in [2.05, 4.69) is 0 Å². The fourth-order valence-electron chi connectivity index (χ4n) is 2.23. The molecule has 6 heteroatoms. The SMILES string of the molecule is CC(=O)CC(C(C)=O)C(=O)C(C(C)=O)(C(C)=O)C(C)=O. The molecular formula is C14H18O6. The van der Waals surface area contributed by atoms with Crippen molar-refractivity contribution in [1.29, 1.82) is 0 Å². The Hall–Kier alpha value is -1.98. The van der Waals surface area contributed by atoms with Crippen LogP contribution in [0.15, 0.2) is 0 Å². The molecule has 110 valence electrons. The van der Waals surface area contributed by atoms with Crippen molar-refractivity contribution >= 4 is 34.7 Å². The quantitative estimate of drug-likeness (QED) is 0.600. The number of Topliss-reactive ketones (excluding diaryl/α,β-unsaturated/α-hetero) is 6. The zero-order valence-electron chi connectivity index (χ0n) is 12.2. The molecule has 0 heterocycles. The second kappa shape index (κ2) is 6.45. The van der Waals surface area contributed by atoms with E-state index in [1.807, 2.05) is 0 Å². The molecule has 20 heavy (non-hydrogen) atoms. The van der Waals surface area contributed by atoms with Gasteiger partial charge in [0.15, 0.2) is 23.1 Å². The molecule has 0 amide bonds. The predicted octanol–water partition coefficient (Wildman–Crippen LogP) is 0.493. The lowest BCUT2D eigenvalue weighted by Gasteiger charge is -2.27. The van der Waals surface area contributed by atoms with Gasteiger partial charge in [-0.3, -0.25) is 28.8 Å². The van der Waals surface area contributed by atoms with E-state index in [1.54, 1.807) is 0 Å². The number of rotatable bonds is 8. The smallest absolute Gasteiger partial charge is 0.203 e. The van der Waals surface area contributed by atoms with Crippen LogP contribution in [0, 0.1) is 11.3 Å². The van der Waals surface area contributed by atoms with Crippen LogP contribution in [0.4, 0.5) is 0 Å². The Morgan fingerprint density at radius 2 is 1.10 bits per heavy atom. The van der Waals surface area contributed by atoms with Crippen molar-refractivity contribution in [2.75, 3.05) is 0 Å². The van der Waals surface area contributed by atoms with Crippen LogP contribution in [0.2, 0.25) is 0 Å². The summed E-state index contributed by atoms with van der Waals surface area (Å²) in [5.74, 6) is -6.45. The maximum Gasteiger partial charge on any atom is 0.203 e. The van der Waals surface area contributed by atoms with E-state index in [0.717, 1.165) is 27.7 Å². The Balaban J connectivity index is 6.05. The van der Waals surface area contributed by atoms with Crippen LogP contribution < -0.4 is 0 Å². The van der Waals surface area contributed by atoms with Gasteiger partial charge in [-0.2, -0.15) is 0 Å². The Labute approximate surface area is 116 Å². The van der Waals surface area contributed by atoms with Gasteiger partial charge in [-0.05, 0) is 34.6 Å². The molecule has 1 atom stereocenters. The summed E-state index contributed by atoms with van der Waals surface area (Å²) in [7, 11) is 0. The molecular weight excluding hydrogens is 264 g/mol. The Bertz CT molecular complexity index is 464. The van der Waals surface area contributed by atoms with Gasteiger partial charge in [-0.25, -0.2) is 0 Å². The predicted molar refractivity (Wildman–Crippen MR) is 69.0 cm³/mol. The Morgan fingerprint density at radius 1 is 0.750 bits per heavy atom. The first-order chi connectivity index (χ1) is 8.99. The van der Waals surface area contributed by atoms with Crippen LogP contribution in [0.5, 0.6) is 0 Å². The van der Waals surface area contributed by atoms with Gasteiger partial charge in [0.25, 0.3) is 0 Å². The van der Waals surface area contributed by atoms with Gasteiger partial charge in [0.2, 0.25) is 5.41 Å². The van der Waals surface area contributed by atoms with E-state index in [0.29, 0.717) is 0 Å². The Morgan fingerprint density at radius 3 is 1.30 bits per heavy atom. The molecule has 0 aliphatic carbocycles. The highest BCUT2D eigenvalue weighted by Gasteiger charge is 2.55. The first kappa shape index (κ1) is 18.0. The normalized spacial score (nSPS) is 12.4. The van der Waals surface area contributed by atoms with E-state index in [4.69, 9.17) is 0 Å². The van der Waals surface area contributed by atoms with Gasteiger partial charge in [0.05, 0.1) is 5.92 Å². The van der Waals surface area contributed by atoms with Gasteiger partial charge in [-0.1, -0.05) is 0 Å². The van der Waals surface area contributed by atoms with E-state index in [-0.39, 0.29) is 0 Å². The van der Waals surface area contributed by atoms with E-state index >= 15 is 0 Å². The third-order valence-electron chi connectivity index (χ3n) is 3.25. The maximum absolute atomic E-state index is 12.4. The molecule has 0 bridgehead atoms. The second-order valence-electron chi connectivity index (χ2n) is 4.85. The van der Waals surface area contributed by atoms with Crippen molar-refractivity contribution in [3.8, 4) is 0 Å². The molecule has 0 aliphatic rings. The molecule has 0 aliphatic heterocycles. The largest absolute Gasteiger partial charge is 0.300 e. The number of carbonyl (C=O) groups is 6. The summed E-state index contributed by atoms with van der Waals surface area (Å²) in [5, 5.41) is 0. The molecule has 0 saturated heterocycles. The van der Waals surface area contributed by atoms with Gasteiger partial charge in [0, 0.05) is 6.42 Å². The molecule has 0 rings (SSSR count). The topological polar surface area (TPSA) is 102 Å². The third kappa shape index (κ3) is 3.12. The van der Waals surface area contributed by atoms with Crippen molar-refractivity contribution in [2.24, 2.45) is 11.3 Å². The van der Waals surface area contributed by atoms with E-state index < -0.39 is 52.5 Å². The van der Waals surface area contributed by atoms with Crippen LogP contribution in [0.25, 0.3) is 0 Å². The summed E-state index contributed by atoms with van der Waals surface area (Å²) in [5.41, 5.74) is -2.48. The molecule has 0 aromatic rings. The molecule has 0 radical (unpaired) electrons. The van der Waals surface area contributed by atoms with E-state index in [9.17, 15) is 28.8 Å². The Kier molecular flexibility index (Phi) is 5.81. The molecule has 6 nitrogen and oxygen atoms in total. The lowest BCUT2D eigenvalue weighted by molar-refractivity contribution is -0.155. The van der Waals surface area contributed by atoms with Gasteiger partial charge >= 0.3 is 0 Å². The second-order valence-corrected chi connectivity index (χ2v) is 4.85. The zero-order chi connectivity index (χ0) is 16.2. The van der Waals surface area contributed by atoms with Gasteiger partial charge in [-0.15, -0.1) is 0 Å². The van der Waals surface area contributed by atoms with Crippen LogP contribution in [0.3, 0.4) is 0 Å². The highest BCUT2D eigenvalue weighted by atomic mass is 16.2. The summed E-state index contributed by atoms with van der Waals surface area (Å²) < 4.78 is 0. The van der Waals surface area contributed by atoms with Crippen molar-refractivity contribution in [3.63, 3.8) is 0 Å². The van der Waals surface area contributed by atoms with Crippen LogP contribution in [-0.2, 0) is 28.8 Å². The lowest BCUT2D eigenvalue weighted by atomic mass is 9.68. The fourth-order valence-corrected chi connectivity index (χ4v) is 2.23. The summed E-state index contributed by atoms with van der Waals surface area (Å²) in [4.78, 5) is 70.3. The monoisotopic (exact) mass is 282 g/mol. The number of hydrogen-bond acceptors (Lipinski definition) is 6. The number of hydrogen-bond donors (Lipinski definition) is 0. The minimum absolute atomic E-state index is 0.427. The van der Waals surface area contributed by atoms with Crippen molar-refractivity contribution < 1.29 is 28.8 Å². The summed E-state index contributed by atoms with van der Waals surface area (Å²) >= 11 is 0. The highest BCUT2D eigenvalue weighted by Crippen LogP contribution is 2.29. The average molecular weight is 282 g/mol. The first-order valence-corrected chi connectivity index (χ1v) is 6.06. The van der Waals surface area contributed by atoms with Crippen molar-refractivity contribution in [2.45, 2.75) is 41.0 Å². The molecule has 0 spiro atoms. The maximum atomic E-state index is 12.4. The summed E-state index contributed by atoms with van der Waals surface area (Å²) in [6, 6.07) is 0. The molecule has 0 aromatic carbocycles. The van der Waals surface area contributed by atoms with E-state index in [1.165, 1.54) is 6.92 Å². The molecule has 0 aromatic heterocycles. The van der Waals surface area contributed by atoms with Crippen molar-refractivity contribution in [1.82, 2.24) is 0 Å². The summed E-state index contributed by atoms with van der Waals surface area (Å²) in [6.45, 7) is 5.11. The third-order valence-corrected chi connectivity index (χ3v) is 3.25. The minimum Gasteiger partial charge on any atom is -0.300 e. The first-order valence-electron chi connectivity index (χ1n) is 6.06. The fraction of sp³-hybridized carbons (Fsp3) is 0.571. The van der Waals surface area contributed by atoms with Gasteiger partial charge < -0.3 is 0 Å². The van der Waals surface area contributed by atoms with Crippen LogP contribution >= 0.6 is 0 Å². The highest BCUT2D eigenvalue weighted by molar-refractivity contribution is 6.39. The van der Waals surface area contributed by atoms with Crippen molar-refractivity contribution in [3.05, 3.63) is 0 Å². The number of carbonyl (C=O) groups excluding carboxylic acids is 6. The zero-order valence-corrected chi connectivity index (χ0v) is 12.2. The standard InChI is InChI=1S/C14H18O6/c1-7(15)6-12(8(2)16)13(20)14(9(3)17,10(4)18)11(5)19/h12H,6H2,1-5H3.